The van der Waals surface area contributed by atoms with Crippen molar-refractivity contribution in [2.45, 2.75) is 25.5 Å². The molecule has 2 heterocycles. The quantitative estimate of drug-likeness (QED) is 0.455. The van der Waals surface area contributed by atoms with Crippen molar-refractivity contribution in [1.29, 1.82) is 10.5 Å². The number of nitrogens with zero attached hydrogens (tertiary/aromatic N) is 3. The van der Waals surface area contributed by atoms with E-state index in [0.29, 0.717) is 46.5 Å². The van der Waals surface area contributed by atoms with Crippen LogP contribution in [0.3, 0.4) is 0 Å². The van der Waals surface area contributed by atoms with Gasteiger partial charge in [0, 0.05) is 18.1 Å². The van der Waals surface area contributed by atoms with Crippen LogP contribution in [-0.2, 0) is 22.6 Å². The Morgan fingerprint density at radius 3 is 2.57 bits per heavy atom. The minimum Gasteiger partial charge on any atom is -0.497 e. The summed E-state index contributed by atoms with van der Waals surface area (Å²) in [5, 5.41) is 24.0. The predicted molar refractivity (Wildman–Crippen MR) is 133 cm³/mol. The van der Waals surface area contributed by atoms with Gasteiger partial charge in [-0.15, -0.1) is 0 Å². The lowest BCUT2D eigenvalue weighted by Gasteiger charge is -2.29. The van der Waals surface area contributed by atoms with Crippen molar-refractivity contribution in [2.24, 2.45) is 0 Å². The molecular weight excluding hydrogens is 470 g/mol. The number of aromatic nitrogens is 1. The molecule has 0 saturated heterocycles. The zero-order chi connectivity index (χ0) is 26.2. The molecule has 1 aliphatic heterocycles. The summed E-state index contributed by atoms with van der Waals surface area (Å²) in [6.07, 6.45) is 3.77. The number of aryl methyl sites for hydroxylation is 1. The number of urea groups is 1. The van der Waals surface area contributed by atoms with Crippen molar-refractivity contribution in [2.75, 3.05) is 7.11 Å². The van der Waals surface area contributed by atoms with Crippen LogP contribution in [0.2, 0.25) is 0 Å². The fraction of sp³-hybridized carbons (Fsp3) is 0.179. The minimum absolute atomic E-state index is 0.0574. The second kappa shape index (κ2) is 11.5. The molecule has 1 unspecified atom stereocenters. The number of allylic oxidation sites excluding steroid dienone is 1. The molecule has 0 spiro atoms. The van der Waals surface area contributed by atoms with Gasteiger partial charge in [0.15, 0.2) is 0 Å². The summed E-state index contributed by atoms with van der Waals surface area (Å²) in [6.45, 7) is -0.0574. The second-order valence-corrected chi connectivity index (χ2v) is 8.28. The largest absolute Gasteiger partial charge is 0.497 e. The second-order valence-electron chi connectivity index (χ2n) is 8.28. The van der Waals surface area contributed by atoms with E-state index in [1.165, 1.54) is 12.4 Å². The molecule has 1 atom stereocenters. The molecule has 2 amide bonds. The highest BCUT2D eigenvalue weighted by atomic mass is 16.5. The smallest absolute Gasteiger partial charge is 0.338 e. The molecule has 0 aliphatic carbocycles. The fourth-order valence-electron chi connectivity index (χ4n) is 4.04. The molecule has 3 aromatic rings. The number of nitrogens with one attached hydrogen (secondary N) is 2. The fourth-order valence-corrected chi connectivity index (χ4v) is 4.04. The Balaban J connectivity index is 1.67. The van der Waals surface area contributed by atoms with Gasteiger partial charge in [-0.1, -0.05) is 24.3 Å². The number of pyridine rings is 1. The number of hydrogen-bond donors (Lipinski definition) is 2. The Bertz CT molecular complexity index is 1450. The number of amides is 2. The van der Waals surface area contributed by atoms with Gasteiger partial charge in [-0.25, -0.2) is 9.59 Å². The Hall–Kier alpha value is -5.15. The number of benzene rings is 2. The minimum atomic E-state index is -0.868. The molecule has 0 bridgehead atoms. The van der Waals surface area contributed by atoms with Crippen LogP contribution in [0.15, 0.2) is 78.3 Å². The van der Waals surface area contributed by atoms with E-state index in [1.807, 2.05) is 30.3 Å². The van der Waals surface area contributed by atoms with Crippen LogP contribution < -0.4 is 15.4 Å². The molecule has 2 aromatic carbocycles. The first-order chi connectivity index (χ1) is 18.0. The van der Waals surface area contributed by atoms with Gasteiger partial charge in [0.1, 0.15) is 18.4 Å². The first-order valence-electron chi connectivity index (χ1n) is 11.5. The molecule has 184 valence electrons. The lowest BCUT2D eigenvalue weighted by Crippen LogP contribution is -2.46. The van der Waals surface area contributed by atoms with Crippen molar-refractivity contribution in [3.63, 3.8) is 0 Å². The van der Waals surface area contributed by atoms with Gasteiger partial charge in [-0.2, -0.15) is 10.5 Å². The molecule has 9 nitrogen and oxygen atoms in total. The van der Waals surface area contributed by atoms with E-state index in [0.717, 1.165) is 5.56 Å². The van der Waals surface area contributed by atoms with Gasteiger partial charge in [-0.3, -0.25) is 4.98 Å². The average Bonchev–Trinajstić information content (AvgIpc) is 2.94. The number of nitriles is 2. The van der Waals surface area contributed by atoms with Gasteiger partial charge in [-0.05, 0) is 59.9 Å². The van der Waals surface area contributed by atoms with Crippen molar-refractivity contribution < 1.29 is 19.1 Å². The van der Waals surface area contributed by atoms with Crippen LogP contribution in [0, 0.1) is 22.7 Å². The number of esters is 1. The number of carbonyl (C=O) groups is 2. The Morgan fingerprint density at radius 1 is 1.00 bits per heavy atom. The third-order valence-corrected chi connectivity index (χ3v) is 5.82. The lowest BCUT2D eigenvalue weighted by molar-refractivity contribution is -0.140. The Labute approximate surface area is 214 Å². The van der Waals surface area contributed by atoms with Gasteiger partial charge in [0.25, 0.3) is 0 Å². The molecule has 0 radical (unpaired) electrons. The lowest BCUT2D eigenvalue weighted by atomic mass is 9.93. The summed E-state index contributed by atoms with van der Waals surface area (Å²) < 4.78 is 10.9. The average molecular weight is 494 g/mol. The molecule has 4 rings (SSSR count). The zero-order valence-corrected chi connectivity index (χ0v) is 20.0. The summed E-state index contributed by atoms with van der Waals surface area (Å²) in [6, 6.07) is 18.6. The van der Waals surface area contributed by atoms with Gasteiger partial charge >= 0.3 is 12.0 Å². The van der Waals surface area contributed by atoms with Crippen LogP contribution in [-0.4, -0.2) is 24.1 Å². The molecule has 0 saturated carbocycles. The Kier molecular flexibility index (Phi) is 7.77. The van der Waals surface area contributed by atoms with Crippen LogP contribution >= 0.6 is 0 Å². The summed E-state index contributed by atoms with van der Waals surface area (Å²) in [4.78, 5) is 30.1. The van der Waals surface area contributed by atoms with Crippen molar-refractivity contribution >= 4 is 12.0 Å². The highest BCUT2D eigenvalue weighted by Crippen LogP contribution is 2.30. The van der Waals surface area contributed by atoms with Gasteiger partial charge < -0.3 is 20.1 Å². The van der Waals surface area contributed by atoms with E-state index >= 15 is 0 Å². The summed E-state index contributed by atoms with van der Waals surface area (Å²) >= 11 is 0. The van der Waals surface area contributed by atoms with Crippen LogP contribution in [0.1, 0.15) is 40.3 Å². The number of ether oxygens (including phenoxy) is 2. The van der Waals surface area contributed by atoms with Crippen molar-refractivity contribution in [1.82, 2.24) is 15.6 Å². The number of rotatable bonds is 8. The molecule has 37 heavy (non-hydrogen) atoms. The zero-order valence-electron chi connectivity index (χ0n) is 20.0. The molecule has 0 fully saturated rings. The van der Waals surface area contributed by atoms with Crippen LogP contribution in [0.25, 0.3) is 0 Å². The summed E-state index contributed by atoms with van der Waals surface area (Å²) in [7, 11) is 1.59. The maximum absolute atomic E-state index is 13.5. The summed E-state index contributed by atoms with van der Waals surface area (Å²) in [5.74, 6) is 0.0696. The van der Waals surface area contributed by atoms with E-state index in [2.05, 4.69) is 21.7 Å². The topological polar surface area (TPSA) is 137 Å². The third-order valence-electron chi connectivity index (χ3n) is 5.82. The van der Waals surface area contributed by atoms with Crippen LogP contribution in [0.5, 0.6) is 5.75 Å². The molecule has 1 aromatic heterocycles. The predicted octanol–water partition coefficient (Wildman–Crippen LogP) is 3.82. The SMILES string of the molecule is COc1cccc(CCC2=C(C(=O)OCc3cccc(C#N)c3)C(c3cncc(C#N)c3)NC(=O)N2)c1. The van der Waals surface area contributed by atoms with Gasteiger partial charge in [0.05, 0.1) is 35.9 Å². The molecule has 1 aliphatic rings. The third kappa shape index (κ3) is 6.11. The first-order valence-corrected chi connectivity index (χ1v) is 11.5. The number of hydrogen-bond acceptors (Lipinski definition) is 7. The molecular formula is C28H23N5O4. The maximum Gasteiger partial charge on any atom is 0.338 e. The van der Waals surface area contributed by atoms with E-state index < -0.39 is 18.0 Å². The highest BCUT2D eigenvalue weighted by molar-refractivity contribution is 5.95. The monoisotopic (exact) mass is 493 g/mol. The first kappa shape index (κ1) is 25.0. The van der Waals surface area contributed by atoms with E-state index in [4.69, 9.17) is 14.7 Å². The number of methoxy groups -OCH3 is 1. The van der Waals surface area contributed by atoms with Crippen molar-refractivity contribution in [3.8, 4) is 17.9 Å². The summed E-state index contributed by atoms with van der Waals surface area (Å²) in [5.41, 5.74) is 3.48. The standard InChI is InChI=1S/C28H23N5O4/c1-36-23-7-3-4-18(12-23)8-9-24-25(27(34)37-17-20-6-2-5-19(10-20)13-29)26(33-28(35)32-24)22-11-21(14-30)15-31-16-22/h2-7,10-12,15-16,26H,8-9,17H2,1H3,(H2,32,33,35). The van der Waals surface area contributed by atoms with Crippen LogP contribution in [0.4, 0.5) is 4.79 Å². The van der Waals surface area contributed by atoms with Gasteiger partial charge in [0.2, 0.25) is 0 Å². The van der Waals surface area contributed by atoms with Crippen molar-refractivity contribution in [3.05, 3.63) is 106 Å². The van der Waals surface area contributed by atoms with E-state index in [1.54, 1.807) is 37.4 Å². The molecule has 2 N–H and O–H groups in total. The van der Waals surface area contributed by atoms with E-state index in [9.17, 15) is 14.9 Å². The highest BCUT2D eigenvalue weighted by Gasteiger charge is 2.34. The normalized spacial score (nSPS) is 14.6. The number of carbonyl (C=O) groups excluding carboxylic acids is 2. The van der Waals surface area contributed by atoms with E-state index in [-0.39, 0.29) is 12.2 Å². The molecule has 9 heteroatoms. The Morgan fingerprint density at radius 2 is 1.78 bits per heavy atom. The maximum atomic E-state index is 13.5.